The van der Waals surface area contributed by atoms with Crippen LogP contribution in [0.25, 0.3) is 0 Å². The molecule has 0 N–H and O–H groups in total. The smallest absolute Gasteiger partial charge is 0.234 e. The van der Waals surface area contributed by atoms with Crippen molar-refractivity contribution in [2.75, 3.05) is 35.4 Å². The molecule has 0 bridgehead atoms. The van der Waals surface area contributed by atoms with Crippen LogP contribution in [0.1, 0.15) is 35.7 Å². The van der Waals surface area contributed by atoms with Crippen molar-refractivity contribution < 1.29 is 13.2 Å². The van der Waals surface area contributed by atoms with Gasteiger partial charge in [0.1, 0.15) is 4.32 Å². The van der Waals surface area contributed by atoms with E-state index in [4.69, 9.17) is 12.2 Å². The zero-order chi connectivity index (χ0) is 18.0. The molecule has 1 saturated heterocycles. The molecule has 0 atom stereocenters. The van der Waals surface area contributed by atoms with Gasteiger partial charge < -0.3 is 4.90 Å². The van der Waals surface area contributed by atoms with E-state index >= 15 is 0 Å². The topological polar surface area (TPSA) is 57.7 Å². The van der Waals surface area contributed by atoms with Gasteiger partial charge in [0.2, 0.25) is 10.0 Å². The number of fused-ring (bicyclic) bond motifs is 1. The molecule has 0 unspecified atom stereocenters. The van der Waals surface area contributed by atoms with Crippen molar-refractivity contribution in [1.82, 2.24) is 4.90 Å². The van der Waals surface area contributed by atoms with E-state index in [9.17, 15) is 13.2 Å². The molecule has 0 saturated carbocycles. The quantitative estimate of drug-likeness (QED) is 0.561. The third-order valence-corrected chi connectivity index (χ3v) is 7.95. The summed E-state index contributed by atoms with van der Waals surface area (Å²) in [5.41, 5.74) is 2.26. The van der Waals surface area contributed by atoms with Crippen LogP contribution in [-0.4, -0.2) is 54.6 Å². The number of thiocarbonyl (C=S) groups is 1. The first-order valence-corrected chi connectivity index (χ1v) is 11.5. The lowest BCUT2D eigenvalue weighted by atomic mass is 10.1. The van der Waals surface area contributed by atoms with Gasteiger partial charge in [-0.3, -0.25) is 9.10 Å². The Bertz CT molecular complexity index is 786. The summed E-state index contributed by atoms with van der Waals surface area (Å²) in [5.74, 6) is 0.439. The van der Waals surface area contributed by atoms with E-state index in [0.29, 0.717) is 30.0 Å². The zero-order valence-corrected chi connectivity index (χ0v) is 16.7. The number of anilines is 1. The molecule has 1 fully saturated rings. The molecule has 2 aliphatic heterocycles. The molecular weight excluding hydrogens is 376 g/mol. The van der Waals surface area contributed by atoms with E-state index in [1.165, 1.54) is 16.1 Å². The van der Waals surface area contributed by atoms with E-state index < -0.39 is 10.0 Å². The number of nitrogens with zero attached hydrogens (tertiary/aromatic N) is 2. The maximum Gasteiger partial charge on any atom is 0.234 e. The van der Waals surface area contributed by atoms with Gasteiger partial charge in [-0.05, 0) is 49.9 Å². The van der Waals surface area contributed by atoms with Crippen LogP contribution in [0.5, 0.6) is 0 Å². The van der Waals surface area contributed by atoms with Crippen LogP contribution in [0, 0.1) is 0 Å². The van der Waals surface area contributed by atoms with E-state index in [1.54, 1.807) is 19.1 Å². The Morgan fingerprint density at radius 3 is 2.64 bits per heavy atom. The molecule has 0 aromatic heterocycles. The Hall–Kier alpha value is -1.12. The highest BCUT2D eigenvalue weighted by molar-refractivity contribution is 8.23. The number of carbonyl (C=O) groups excluding carboxylic acids is 1. The average Bonchev–Trinajstić information content (AvgIpc) is 3.28. The molecule has 0 aliphatic carbocycles. The van der Waals surface area contributed by atoms with Crippen molar-refractivity contribution >= 4 is 49.8 Å². The first kappa shape index (κ1) is 18.7. The molecule has 25 heavy (non-hydrogen) atoms. The number of hydrogen-bond donors (Lipinski definition) is 0. The van der Waals surface area contributed by atoms with Gasteiger partial charge in [0.25, 0.3) is 0 Å². The van der Waals surface area contributed by atoms with Crippen LogP contribution in [-0.2, 0) is 16.4 Å². The molecule has 3 rings (SSSR count). The monoisotopic (exact) mass is 398 g/mol. The number of likely N-dealkylation sites (tertiary alicyclic amines) is 1. The second kappa shape index (κ2) is 7.63. The molecule has 8 heteroatoms. The third kappa shape index (κ3) is 4.01. The number of thioether (sulfide) groups is 1. The van der Waals surface area contributed by atoms with Gasteiger partial charge in [-0.25, -0.2) is 8.42 Å². The summed E-state index contributed by atoms with van der Waals surface area (Å²) in [4.78, 5) is 14.6. The van der Waals surface area contributed by atoms with Crippen molar-refractivity contribution in [3.05, 3.63) is 29.3 Å². The van der Waals surface area contributed by atoms with Gasteiger partial charge in [0.15, 0.2) is 5.78 Å². The number of ketones is 1. The van der Waals surface area contributed by atoms with Crippen LogP contribution in [0.2, 0.25) is 0 Å². The van der Waals surface area contributed by atoms with Crippen molar-refractivity contribution in [2.24, 2.45) is 0 Å². The second-order valence-electron chi connectivity index (χ2n) is 6.24. The van der Waals surface area contributed by atoms with Crippen LogP contribution < -0.4 is 4.31 Å². The van der Waals surface area contributed by atoms with Crippen LogP contribution >= 0.6 is 24.0 Å². The number of hydrogen-bond acceptors (Lipinski definition) is 5. The summed E-state index contributed by atoms with van der Waals surface area (Å²) in [5, 5.41) is 0. The maximum absolute atomic E-state index is 12.5. The lowest BCUT2D eigenvalue weighted by molar-refractivity contribution is 0.102. The minimum Gasteiger partial charge on any atom is -0.358 e. The van der Waals surface area contributed by atoms with Crippen LogP contribution in [0.4, 0.5) is 5.69 Å². The minimum atomic E-state index is -3.25. The number of Topliss-reactive ketones (excluding diaryl/α,β-unsaturated/α-hetero) is 1. The summed E-state index contributed by atoms with van der Waals surface area (Å²) >= 11 is 6.81. The normalized spacial score (nSPS) is 17.0. The number of benzene rings is 1. The standard InChI is InChI=1S/C17H22N2O3S3/c1-2-25(21,22)19-10-7-13-11-14(5-6-15(13)19)16(20)12-24-17(23)18-8-3-4-9-18/h5-6,11H,2-4,7-10,12H2,1H3. The maximum atomic E-state index is 12.5. The van der Waals surface area contributed by atoms with Crippen LogP contribution in [0.3, 0.4) is 0 Å². The molecule has 136 valence electrons. The van der Waals surface area contributed by atoms with Gasteiger partial charge in [-0.1, -0.05) is 24.0 Å². The number of rotatable bonds is 5. The predicted molar refractivity (Wildman–Crippen MR) is 107 cm³/mol. The Balaban J connectivity index is 1.66. The fraction of sp³-hybridized carbons (Fsp3) is 0.529. The lowest BCUT2D eigenvalue weighted by Crippen LogP contribution is -2.30. The Labute approximate surface area is 158 Å². The summed E-state index contributed by atoms with van der Waals surface area (Å²) in [7, 11) is -3.25. The molecule has 2 aliphatic rings. The molecule has 5 nitrogen and oxygen atoms in total. The second-order valence-corrected chi connectivity index (χ2v) is 10.0. The molecule has 0 spiro atoms. The highest BCUT2D eigenvalue weighted by atomic mass is 32.2. The largest absolute Gasteiger partial charge is 0.358 e. The van der Waals surface area contributed by atoms with E-state index in [-0.39, 0.29) is 11.5 Å². The van der Waals surface area contributed by atoms with Gasteiger partial charge in [-0.15, -0.1) is 0 Å². The van der Waals surface area contributed by atoms with Gasteiger partial charge >= 0.3 is 0 Å². The van der Waals surface area contributed by atoms with E-state index in [1.807, 2.05) is 6.07 Å². The highest BCUT2D eigenvalue weighted by Gasteiger charge is 2.28. The molecule has 0 amide bonds. The zero-order valence-electron chi connectivity index (χ0n) is 14.2. The van der Waals surface area contributed by atoms with Gasteiger partial charge in [0, 0.05) is 25.2 Å². The summed E-state index contributed by atoms with van der Waals surface area (Å²) in [6.07, 6.45) is 2.97. The predicted octanol–water partition coefficient (Wildman–Crippen LogP) is 2.70. The molecule has 2 heterocycles. The fourth-order valence-corrected chi connectivity index (χ4v) is 5.50. The fourth-order valence-electron chi connectivity index (χ4n) is 3.19. The first-order chi connectivity index (χ1) is 11.9. The number of sulfonamides is 1. The Morgan fingerprint density at radius 1 is 1.24 bits per heavy atom. The molecule has 1 aromatic rings. The number of carbonyl (C=O) groups is 1. The molecular formula is C17H22N2O3S3. The average molecular weight is 399 g/mol. The van der Waals surface area contributed by atoms with Crippen molar-refractivity contribution in [3.63, 3.8) is 0 Å². The minimum absolute atomic E-state index is 0.0335. The summed E-state index contributed by atoms with van der Waals surface area (Å²) in [6, 6.07) is 5.32. The highest BCUT2D eigenvalue weighted by Crippen LogP contribution is 2.31. The van der Waals surface area contributed by atoms with Crippen molar-refractivity contribution in [3.8, 4) is 0 Å². The van der Waals surface area contributed by atoms with Crippen molar-refractivity contribution in [1.29, 1.82) is 0 Å². The molecule has 1 aromatic carbocycles. The summed E-state index contributed by atoms with van der Waals surface area (Å²) < 4.78 is 26.5. The third-order valence-electron chi connectivity index (χ3n) is 4.65. The SMILES string of the molecule is CCS(=O)(=O)N1CCc2cc(C(=O)CSC(=S)N3CCCC3)ccc21. The lowest BCUT2D eigenvalue weighted by Gasteiger charge is -2.18. The summed E-state index contributed by atoms with van der Waals surface area (Å²) in [6.45, 7) is 4.07. The Kier molecular flexibility index (Phi) is 5.70. The van der Waals surface area contributed by atoms with Crippen LogP contribution in [0.15, 0.2) is 18.2 Å². The molecule has 0 radical (unpaired) electrons. The van der Waals surface area contributed by atoms with Gasteiger partial charge in [-0.2, -0.15) is 0 Å². The van der Waals surface area contributed by atoms with E-state index in [2.05, 4.69) is 4.90 Å². The first-order valence-electron chi connectivity index (χ1n) is 8.50. The Morgan fingerprint density at radius 2 is 1.96 bits per heavy atom. The van der Waals surface area contributed by atoms with Crippen molar-refractivity contribution in [2.45, 2.75) is 26.2 Å². The van der Waals surface area contributed by atoms with E-state index in [0.717, 1.165) is 35.8 Å². The van der Waals surface area contributed by atoms with Gasteiger partial charge in [0.05, 0.1) is 17.2 Å².